The van der Waals surface area contributed by atoms with E-state index in [4.69, 9.17) is 5.10 Å². The van der Waals surface area contributed by atoms with Crippen molar-refractivity contribution in [3.63, 3.8) is 0 Å². The third-order valence-electron chi connectivity index (χ3n) is 5.51. The number of benzene rings is 2. The van der Waals surface area contributed by atoms with Crippen molar-refractivity contribution in [1.29, 1.82) is 0 Å². The first kappa shape index (κ1) is 23.1. The molecule has 5 rings (SSSR count). The van der Waals surface area contributed by atoms with Crippen LogP contribution in [0.1, 0.15) is 26.3 Å². The van der Waals surface area contributed by atoms with E-state index in [0.29, 0.717) is 0 Å². The van der Waals surface area contributed by atoms with Crippen LogP contribution in [0.5, 0.6) is 0 Å². The molecule has 0 radical (unpaired) electrons. The molecule has 0 aliphatic heterocycles. The lowest BCUT2D eigenvalue weighted by Crippen LogP contribution is -2.29. The molecule has 0 aliphatic carbocycles. The van der Waals surface area contributed by atoms with Gasteiger partial charge in [-0.15, -0.1) is 0 Å². The van der Waals surface area contributed by atoms with Crippen LogP contribution in [0.15, 0.2) is 102 Å². The SMILES string of the molecule is CC(C)(C)NSc1cncc(-c2cc(NCc3ccccc3)c3c(-c4ccccc4)ccn3n2)c1. The molecule has 0 amide bonds. The number of aromatic nitrogens is 3. The zero-order valence-corrected chi connectivity index (χ0v) is 21.0. The summed E-state index contributed by atoms with van der Waals surface area (Å²) in [6, 6.07) is 27.3. The standard InChI is InChI=1S/C29H29N5S/c1-29(2,3)33-35-24-16-23(19-30-20-24)26-17-27(31-18-21-10-6-4-7-11-21)28-25(14-15-34(28)32-26)22-12-8-5-9-13-22/h4-17,19-20,31,33H,18H2,1-3H3. The molecule has 0 unspecified atom stereocenters. The Morgan fingerprint density at radius 2 is 1.60 bits per heavy atom. The first-order valence-electron chi connectivity index (χ1n) is 11.7. The van der Waals surface area contributed by atoms with Crippen LogP contribution < -0.4 is 10.0 Å². The summed E-state index contributed by atoms with van der Waals surface area (Å²) in [7, 11) is 0. The predicted molar refractivity (Wildman–Crippen MR) is 146 cm³/mol. The van der Waals surface area contributed by atoms with Gasteiger partial charge in [-0.3, -0.25) is 9.71 Å². The number of rotatable bonds is 7. The molecule has 0 atom stereocenters. The monoisotopic (exact) mass is 479 g/mol. The molecule has 0 saturated carbocycles. The van der Waals surface area contributed by atoms with Crippen LogP contribution in [0.25, 0.3) is 27.9 Å². The Bertz CT molecular complexity index is 1420. The van der Waals surface area contributed by atoms with Crippen molar-refractivity contribution < 1.29 is 0 Å². The number of pyridine rings is 1. The second kappa shape index (κ2) is 9.94. The van der Waals surface area contributed by atoms with Crippen LogP contribution in [0.4, 0.5) is 5.69 Å². The smallest absolute Gasteiger partial charge is 0.0956 e. The molecule has 6 heteroatoms. The maximum atomic E-state index is 4.96. The highest BCUT2D eigenvalue weighted by atomic mass is 32.2. The molecule has 0 aliphatic rings. The van der Waals surface area contributed by atoms with Crippen LogP contribution in [-0.2, 0) is 6.54 Å². The van der Waals surface area contributed by atoms with Crippen molar-refractivity contribution in [1.82, 2.24) is 19.3 Å². The van der Waals surface area contributed by atoms with E-state index in [2.05, 4.69) is 103 Å². The lowest BCUT2D eigenvalue weighted by molar-refractivity contribution is 0.535. The molecule has 2 N–H and O–H groups in total. The van der Waals surface area contributed by atoms with Gasteiger partial charge in [0.15, 0.2) is 0 Å². The number of hydrogen-bond donors (Lipinski definition) is 2. The van der Waals surface area contributed by atoms with Gasteiger partial charge in [0.25, 0.3) is 0 Å². The Kier molecular flexibility index (Phi) is 6.57. The van der Waals surface area contributed by atoms with Crippen LogP contribution in [0.2, 0.25) is 0 Å². The molecule has 3 aromatic heterocycles. The van der Waals surface area contributed by atoms with E-state index in [9.17, 15) is 0 Å². The lowest BCUT2D eigenvalue weighted by atomic mass is 10.1. The predicted octanol–water partition coefficient (Wildman–Crippen LogP) is 7.07. The van der Waals surface area contributed by atoms with Crippen molar-refractivity contribution in [2.75, 3.05) is 5.32 Å². The summed E-state index contributed by atoms with van der Waals surface area (Å²) in [4.78, 5) is 5.54. The molecule has 0 spiro atoms. The van der Waals surface area contributed by atoms with Crippen molar-refractivity contribution in [3.05, 3.63) is 103 Å². The first-order chi connectivity index (χ1) is 17.0. The highest BCUT2D eigenvalue weighted by molar-refractivity contribution is 7.97. The van der Waals surface area contributed by atoms with Gasteiger partial charge >= 0.3 is 0 Å². The van der Waals surface area contributed by atoms with Gasteiger partial charge in [-0.2, -0.15) is 5.10 Å². The Labute approximate surface area is 210 Å². The van der Waals surface area contributed by atoms with Crippen molar-refractivity contribution in [2.45, 2.75) is 37.8 Å². The van der Waals surface area contributed by atoms with E-state index < -0.39 is 0 Å². The zero-order valence-electron chi connectivity index (χ0n) is 20.2. The molecular weight excluding hydrogens is 450 g/mol. The fourth-order valence-electron chi connectivity index (χ4n) is 3.87. The topological polar surface area (TPSA) is 54.2 Å². The summed E-state index contributed by atoms with van der Waals surface area (Å²) in [5, 5.41) is 8.64. The van der Waals surface area contributed by atoms with Gasteiger partial charge in [0, 0.05) is 46.7 Å². The molecule has 0 bridgehead atoms. The van der Waals surface area contributed by atoms with Crippen molar-refractivity contribution in [3.8, 4) is 22.4 Å². The summed E-state index contributed by atoms with van der Waals surface area (Å²) < 4.78 is 5.43. The maximum Gasteiger partial charge on any atom is 0.0956 e. The van der Waals surface area contributed by atoms with E-state index in [0.717, 1.165) is 39.5 Å². The van der Waals surface area contributed by atoms with Gasteiger partial charge in [-0.25, -0.2) is 4.52 Å². The van der Waals surface area contributed by atoms with E-state index >= 15 is 0 Å². The van der Waals surface area contributed by atoms with E-state index in [1.165, 1.54) is 11.1 Å². The van der Waals surface area contributed by atoms with Crippen molar-refractivity contribution in [2.24, 2.45) is 0 Å². The van der Waals surface area contributed by atoms with Gasteiger partial charge in [-0.1, -0.05) is 60.7 Å². The van der Waals surface area contributed by atoms with E-state index in [-0.39, 0.29) is 5.54 Å². The molecule has 35 heavy (non-hydrogen) atoms. The molecule has 5 nitrogen and oxygen atoms in total. The summed E-state index contributed by atoms with van der Waals surface area (Å²) >= 11 is 1.59. The Balaban J connectivity index is 1.56. The highest BCUT2D eigenvalue weighted by Crippen LogP contribution is 2.34. The molecule has 3 heterocycles. The van der Waals surface area contributed by atoms with Crippen molar-refractivity contribution >= 4 is 23.2 Å². The number of fused-ring (bicyclic) bond motifs is 1. The maximum absolute atomic E-state index is 4.96. The van der Waals surface area contributed by atoms with E-state index in [1.807, 2.05) is 35.2 Å². The molecule has 5 aromatic rings. The average molecular weight is 480 g/mol. The average Bonchev–Trinajstić information content (AvgIpc) is 3.31. The minimum absolute atomic E-state index is 0.00530. The largest absolute Gasteiger partial charge is 0.379 e. The minimum atomic E-state index is 0.00530. The second-order valence-electron chi connectivity index (χ2n) is 9.53. The second-order valence-corrected chi connectivity index (χ2v) is 10.4. The van der Waals surface area contributed by atoms with Gasteiger partial charge in [0.1, 0.15) is 0 Å². The number of nitrogens with zero attached hydrogens (tertiary/aromatic N) is 3. The fourth-order valence-corrected chi connectivity index (χ4v) is 4.59. The molecule has 0 saturated heterocycles. The third-order valence-corrected chi connectivity index (χ3v) is 6.69. The van der Waals surface area contributed by atoms with Gasteiger partial charge in [-0.05, 0) is 62.0 Å². The van der Waals surface area contributed by atoms with Crippen LogP contribution in [0, 0.1) is 0 Å². The zero-order chi connectivity index (χ0) is 24.3. The molecule has 0 fully saturated rings. The van der Waals surface area contributed by atoms with Gasteiger partial charge in [0.05, 0.1) is 16.9 Å². The quantitative estimate of drug-likeness (QED) is 0.245. The highest BCUT2D eigenvalue weighted by Gasteiger charge is 2.15. The number of anilines is 1. The van der Waals surface area contributed by atoms with E-state index in [1.54, 1.807) is 11.9 Å². The normalized spacial score (nSPS) is 11.6. The lowest BCUT2D eigenvalue weighted by Gasteiger charge is -2.19. The number of hydrogen-bond acceptors (Lipinski definition) is 5. The van der Waals surface area contributed by atoms with Crippen LogP contribution in [0.3, 0.4) is 0 Å². The first-order valence-corrected chi connectivity index (χ1v) is 12.5. The summed E-state index contributed by atoms with van der Waals surface area (Å²) in [6.45, 7) is 7.17. The number of nitrogens with one attached hydrogen (secondary N) is 2. The fraction of sp³-hybridized carbons (Fsp3) is 0.172. The minimum Gasteiger partial charge on any atom is -0.379 e. The van der Waals surface area contributed by atoms with Gasteiger partial charge < -0.3 is 5.32 Å². The summed E-state index contributed by atoms with van der Waals surface area (Å²) in [6.07, 6.45) is 5.78. The molecular formula is C29H29N5S. The Morgan fingerprint density at radius 3 is 2.34 bits per heavy atom. The van der Waals surface area contributed by atoms with Crippen LogP contribution >= 0.6 is 11.9 Å². The molecule has 2 aromatic carbocycles. The van der Waals surface area contributed by atoms with Gasteiger partial charge in [0.2, 0.25) is 0 Å². The summed E-state index contributed by atoms with van der Waals surface area (Å²) in [5.74, 6) is 0. The third kappa shape index (κ3) is 5.56. The van der Waals surface area contributed by atoms with Crippen LogP contribution in [-0.4, -0.2) is 20.1 Å². The summed E-state index contributed by atoms with van der Waals surface area (Å²) in [5.41, 5.74) is 7.49. The Morgan fingerprint density at radius 1 is 0.857 bits per heavy atom. The molecule has 176 valence electrons. The Hall–Kier alpha value is -3.61.